The van der Waals surface area contributed by atoms with E-state index in [1.54, 1.807) is 4.68 Å². The molecule has 5 heteroatoms. The standard InChI is InChI=1S/C26H28N4O/c1-3-29-18(2)22(20-13-8-10-16-24(20)29)17-27-30-25(19-11-5-4-6-12-19)28-23-15-9-7-14-21(23)26(30)31/h7-10,13-17,19H,3-6,11-12H2,1-2H3. The maximum atomic E-state index is 13.4. The van der Waals surface area contributed by atoms with Gasteiger partial charge in [0.2, 0.25) is 0 Å². The SMILES string of the molecule is CCn1c(C)c(C=Nn2c(C3CCCCC3)nc3ccccc3c2=O)c2ccccc21. The van der Waals surface area contributed by atoms with E-state index in [1.165, 1.54) is 24.8 Å². The van der Waals surface area contributed by atoms with Gasteiger partial charge in [0.1, 0.15) is 5.82 Å². The van der Waals surface area contributed by atoms with E-state index in [9.17, 15) is 4.79 Å². The molecule has 0 aliphatic heterocycles. The van der Waals surface area contributed by atoms with Crippen LogP contribution in [-0.4, -0.2) is 20.4 Å². The Kier molecular flexibility index (Phi) is 5.18. The maximum Gasteiger partial charge on any atom is 0.282 e. The van der Waals surface area contributed by atoms with Crippen molar-refractivity contribution in [1.82, 2.24) is 14.2 Å². The maximum absolute atomic E-state index is 13.4. The van der Waals surface area contributed by atoms with Gasteiger partial charge < -0.3 is 4.57 Å². The predicted molar refractivity (Wildman–Crippen MR) is 127 cm³/mol. The van der Waals surface area contributed by atoms with Gasteiger partial charge in [0.15, 0.2) is 0 Å². The molecule has 0 unspecified atom stereocenters. The van der Waals surface area contributed by atoms with Crippen molar-refractivity contribution in [3.8, 4) is 0 Å². The minimum Gasteiger partial charge on any atom is -0.344 e. The number of fused-ring (bicyclic) bond motifs is 2. The Labute approximate surface area is 182 Å². The Bertz CT molecular complexity index is 1340. The molecule has 1 aliphatic carbocycles. The number of benzene rings is 2. The van der Waals surface area contributed by atoms with Crippen LogP contribution in [0.5, 0.6) is 0 Å². The second-order valence-electron chi connectivity index (χ2n) is 8.44. The van der Waals surface area contributed by atoms with E-state index >= 15 is 0 Å². The second-order valence-corrected chi connectivity index (χ2v) is 8.44. The first kappa shape index (κ1) is 19.7. The summed E-state index contributed by atoms with van der Waals surface area (Å²) in [6.07, 6.45) is 7.60. The molecular formula is C26H28N4O. The summed E-state index contributed by atoms with van der Waals surface area (Å²) in [6.45, 7) is 5.17. The van der Waals surface area contributed by atoms with Crippen molar-refractivity contribution >= 4 is 28.0 Å². The summed E-state index contributed by atoms with van der Waals surface area (Å²) in [5.74, 6) is 1.08. The van der Waals surface area contributed by atoms with Crippen molar-refractivity contribution < 1.29 is 0 Å². The molecule has 1 fully saturated rings. The molecule has 0 atom stereocenters. The molecule has 4 aromatic rings. The number of nitrogens with zero attached hydrogens (tertiary/aromatic N) is 4. The van der Waals surface area contributed by atoms with Crippen LogP contribution in [0.1, 0.15) is 62.0 Å². The minimum absolute atomic E-state index is 0.0840. The third-order valence-corrected chi connectivity index (χ3v) is 6.65. The van der Waals surface area contributed by atoms with Gasteiger partial charge in [-0.15, -0.1) is 0 Å². The average molecular weight is 413 g/mol. The lowest BCUT2D eigenvalue weighted by Crippen LogP contribution is -2.25. The molecule has 0 bridgehead atoms. The van der Waals surface area contributed by atoms with Crippen molar-refractivity contribution in [2.45, 2.75) is 58.4 Å². The quantitative estimate of drug-likeness (QED) is 0.409. The number of hydrogen-bond acceptors (Lipinski definition) is 3. The molecular weight excluding hydrogens is 384 g/mol. The van der Waals surface area contributed by atoms with Gasteiger partial charge in [0, 0.05) is 34.6 Å². The van der Waals surface area contributed by atoms with Crippen LogP contribution in [0.25, 0.3) is 21.8 Å². The van der Waals surface area contributed by atoms with Crippen LogP contribution in [0, 0.1) is 6.92 Å². The highest BCUT2D eigenvalue weighted by atomic mass is 16.1. The van der Waals surface area contributed by atoms with Gasteiger partial charge in [-0.1, -0.05) is 49.6 Å². The molecule has 0 N–H and O–H groups in total. The Balaban J connectivity index is 1.69. The van der Waals surface area contributed by atoms with Crippen LogP contribution < -0.4 is 5.56 Å². The van der Waals surface area contributed by atoms with E-state index in [1.807, 2.05) is 30.5 Å². The molecule has 0 saturated heterocycles. The number of rotatable bonds is 4. The minimum atomic E-state index is -0.0840. The monoisotopic (exact) mass is 412 g/mol. The summed E-state index contributed by atoms with van der Waals surface area (Å²) < 4.78 is 3.86. The first-order chi connectivity index (χ1) is 15.2. The molecule has 158 valence electrons. The lowest BCUT2D eigenvalue weighted by atomic mass is 9.88. The van der Waals surface area contributed by atoms with Gasteiger partial charge in [-0.3, -0.25) is 4.79 Å². The zero-order valence-electron chi connectivity index (χ0n) is 18.2. The molecule has 2 aromatic carbocycles. The smallest absolute Gasteiger partial charge is 0.282 e. The van der Waals surface area contributed by atoms with Gasteiger partial charge >= 0.3 is 0 Å². The van der Waals surface area contributed by atoms with Crippen LogP contribution >= 0.6 is 0 Å². The summed E-state index contributed by atoms with van der Waals surface area (Å²) in [5.41, 5.74) is 4.10. The Morgan fingerprint density at radius 3 is 2.52 bits per heavy atom. The van der Waals surface area contributed by atoms with E-state index in [0.29, 0.717) is 5.39 Å². The third-order valence-electron chi connectivity index (χ3n) is 6.65. The molecule has 0 amide bonds. The number of para-hydroxylation sites is 2. The van der Waals surface area contributed by atoms with Gasteiger partial charge in [-0.25, -0.2) is 4.98 Å². The topological polar surface area (TPSA) is 52.2 Å². The molecule has 0 spiro atoms. The van der Waals surface area contributed by atoms with E-state index < -0.39 is 0 Å². The lowest BCUT2D eigenvalue weighted by Gasteiger charge is -2.22. The highest BCUT2D eigenvalue weighted by molar-refractivity contribution is 6.01. The van der Waals surface area contributed by atoms with Crippen LogP contribution in [0.3, 0.4) is 0 Å². The zero-order chi connectivity index (χ0) is 21.4. The number of aromatic nitrogens is 3. The summed E-state index contributed by atoms with van der Waals surface area (Å²) in [6, 6.07) is 16.0. The molecule has 2 heterocycles. The van der Waals surface area contributed by atoms with Gasteiger partial charge in [0.05, 0.1) is 17.1 Å². The van der Waals surface area contributed by atoms with Crippen LogP contribution in [0.4, 0.5) is 0 Å². The fourth-order valence-electron chi connectivity index (χ4n) is 5.02. The summed E-state index contributed by atoms with van der Waals surface area (Å²) in [7, 11) is 0. The van der Waals surface area contributed by atoms with Crippen molar-refractivity contribution in [3.05, 3.63) is 76.0 Å². The summed E-state index contributed by atoms with van der Waals surface area (Å²) in [4.78, 5) is 18.3. The fourth-order valence-corrected chi connectivity index (χ4v) is 5.02. The fraction of sp³-hybridized carbons (Fsp3) is 0.346. The summed E-state index contributed by atoms with van der Waals surface area (Å²) in [5, 5.41) is 6.54. The average Bonchev–Trinajstić information content (AvgIpc) is 3.09. The normalized spacial score (nSPS) is 15.4. The van der Waals surface area contributed by atoms with Crippen molar-refractivity contribution in [2.75, 3.05) is 0 Å². The zero-order valence-corrected chi connectivity index (χ0v) is 18.2. The highest BCUT2D eigenvalue weighted by Gasteiger charge is 2.22. The van der Waals surface area contributed by atoms with E-state index in [4.69, 9.17) is 10.1 Å². The van der Waals surface area contributed by atoms with Crippen molar-refractivity contribution in [3.63, 3.8) is 0 Å². The first-order valence-corrected chi connectivity index (χ1v) is 11.3. The summed E-state index contributed by atoms with van der Waals surface area (Å²) >= 11 is 0. The second kappa shape index (κ2) is 8.14. The van der Waals surface area contributed by atoms with E-state index in [0.717, 1.165) is 47.4 Å². The van der Waals surface area contributed by atoms with Gasteiger partial charge in [0.25, 0.3) is 5.56 Å². The number of aryl methyl sites for hydroxylation is 1. The first-order valence-electron chi connectivity index (χ1n) is 11.3. The lowest BCUT2D eigenvalue weighted by molar-refractivity contribution is 0.416. The largest absolute Gasteiger partial charge is 0.344 e. The van der Waals surface area contributed by atoms with E-state index in [-0.39, 0.29) is 11.5 Å². The molecule has 2 aromatic heterocycles. The molecule has 1 saturated carbocycles. The number of hydrogen-bond donors (Lipinski definition) is 0. The van der Waals surface area contributed by atoms with Crippen LogP contribution in [0.15, 0.2) is 58.4 Å². The Hall–Kier alpha value is -3.21. The third kappa shape index (κ3) is 3.38. The van der Waals surface area contributed by atoms with Gasteiger partial charge in [-0.2, -0.15) is 9.78 Å². The van der Waals surface area contributed by atoms with Gasteiger partial charge in [-0.05, 0) is 44.9 Å². The van der Waals surface area contributed by atoms with Crippen molar-refractivity contribution in [1.29, 1.82) is 0 Å². The molecule has 5 rings (SSSR count). The van der Waals surface area contributed by atoms with Crippen LogP contribution in [-0.2, 0) is 6.54 Å². The van der Waals surface area contributed by atoms with Crippen molar-refractivity contribution in [2.24, 2.45) is 5.10 Å². The highest BCUT2D eigenvalue weighted by Crippen LogP contribution is 2.32. The Morgan fingerprint density at radius 1 is 1.03 bits per heavy atom. The molecule has 31 heavy (non-hydrogen) atoms. The molecule has 1 aliphatic rings. The Morgan fingerprint density at radius 2 is 1.74 bits per heavy atom. The predicted octanol–water partition coefficient (Wildman–Crippen LogP) is 5.61. The van der Waals surface area contributed by atoms with E-state index in [2.05, 4.69) is 42.7 Å². The van der Waals surface area contributed by atoms with Crippen LogP contribution in [0.2, 0.25) is 0 Å². The molecule has 5 nitrogen and oxygen atoms in total. The molecule has 0 radical (unpaired) electrons.